The van der Waals surface area contributed by atoms with Crippen molar-refractivity contribution in [2.24, 2.45) is 0 Å². The summed E-state index contributed by atoms with van der Waals surface area (Å²) < 4.78 is 24.2. The molecule has 3 fully saturated rings. The minimum absolute atomic E-state index is 0.0108. The normalized spacial score (nSPS) is 23.2. The van der Waals surface area contributed by atoms with Gasteiger partial charge in [-0.2, -0.15) is 0 Å². The molecule has 0 saturated heterocycles. The molecule has 1 aromatic heterocycles. The standard InChI is InChI=1S/C21H20Cl2FN3O4/c1-12-4-14(6-25-19(12)23)31-8-18(29)27-21-9-20(10-21,11-21)26-17(28)7-30-13-2-3-15(22)16(24)5-13/h2-6H,7-11H2,1H3,(H,26,28)(H,27,29). The molecule has 0 atom stereocenters. The average molecular weight is 468 g/mol. The Balaban J connectivity index is 1.17. The minimum Gasteiger partial charge on any atom is -0.484 e. The predicted octanol–water partition coefficient (Wildman–Crippen LogP) is 3.20. The third kappa shape index (κ3) is 4.70. The fourth-order valence-corrected chi connectivity index (χ4v) is 4.41. The van der Waals surface area contributed by atoms with Gasteiger partial charge in [0.25, 0.3) is 11.8 Å². The van der Waals surface area contributed by atoms with E-state index in [1.54, 1.807) is 13.0 Å². The van der Waals surface area contributed by atoms with Gasteiger partial charge in [0, 0.05) is 17.1 Å². The summed E-state index contributed by atoms with van der Waals surface area (Å²) in [7, 11) is 0. The molecular weight excluding hydrogens is 448 g/mol. The lowest BCUT2D eigenvalue weighted by Crippen LogP contribution is -2.84. The van der Waals surface area contributed by atoms with Crippen molar-refractivity contribution in [1.82, 2.24) is 15.6 Å². The molecule has 3 saturated carbocycles. The van der Waals surface area contributed by atoms with Crippen LogP contribution in [0.25, 0.3) is 0 Å². The summed E-state index contributed by atoms with van der Waals surface area (Å²) in [5.74, 6) is -0.448. The predicted molar refractivity (Wildman–Crippen MR) is 112 cm³/mol. The van der Waals surface area contributed by atoms with Crippen LogP contribution in [-0.4, -0.2) is 41.1 Å². The smallest absolute Gasteiger partial charge is 0.258 e. The molecule has 31 heavy (non-hydrogen) atoms. The van der Waals surface area contributed by atoms with Crippen molar-refractivity contribution in [3.63, 3.8) is 0 Å². The van der Waals surface area contributed by atoms with Crippen molar-refractivity contribution >= 4 is 35.0 Å². The van der Waals surface area contributed by atoms with Crippen molar-refractivity contribution in [3.05, 3.63) is 52.0 Å². The van der Waals surface area contributed by atoms with E-state index in [0.29, 0.717) is 30.2 Å². The summed E-state index contributed by atoms with van der Waals surface area (Å²) >= 11 is 11.5. The molecule has 2 N–H and O–H groups in total. The molecule has 0 radical (unpaired) electrons. The molecule has 2 amide bonds. The number of nitrogens with zero attached hydrogens (tertiary/aromatic N) is 1. The first-order valence-electron chi connectivity index (χ1n) is 9.63. The zero-order chi connectivity index (χ0) is 22.2. The second-order valence-electron chi connectivity index (χ2n) is 8.12. The highest BCUT2D eigenvalue weighted by atomic mass is 35.5. The van der Waals surface area contributed by atoms with Crippen LogP contribution in [0.1, 0.15) is 24.8 Å². The summed E-state index contributed by atoms with van der Waals surface area (Å²) in [6, 6.07) is 5.71. The zero-order valence-electron chi connectivity index (χ0n) is 16.6. The average Bonchev–Trinajstić information content (AvgIpc) is 2.67. The molecule has 3 aliphatic carbocycles. The number of benzene rings is 1. The molecule has 10 heteroatoms. The number of pyridine rings is 1. The van der Waals surface area contributed by atoms with Crippen molar-refractivity contribution in [1.29, 1.82) is 0 Å². The topological polar surface area (TPSA) is 89.6 Å². The van der Waals surface area contributed by atoms with Crippen LogP contribution in [-0.2, 0) is 9.59 Å². The number of halogens is 3. The highest BCUT2D eigenvalue weighted by molar-refractivity contribution is 6.30. The quantitative estimate of drug-likeness (QED) is 0.581. The van der Waals surface area contributed by atoms with E-state index >= 15 is 0 Å². The first kappa shape index (κ1) is 21.6. The number of hydrogen-bond acceptors (Lipinski definition) is 5. The van der Waals surface area contributed by atoms with Crippen LogP contribution in [0.3, 0.4) is 0 Å². The van der Waals surface area contributed by atoms with E-state index in [-0.39, 0.29) is 46.9 Å². The van der Waals surface area contributed by atoms with Crippen LogP contribution in [0.15, 0.2) is 30.5 Å². The number of hydrogen-bond donors (Lipinski definition) is 2. The fraction of sp³-hybridized carbons (Fsp3) is 0.381. The molecule has 5 rings (SSSR count). The van der Waals surface area contributed by atoms with E-state index in [1.165, 1.54) is 18.3 Å². The number of carbonyl (C=O) groups is 2. The highest BCUT2D eigenvalue weighted by Crippen LogP contribution is 2.60. The van der Waals surface area contributed by atoms with E-state index in [0.717, 1.165) is 11.6 Å². The van der Waals surface area contributed by atoms with Gasteiger partial charge < -0.3 is 20.1 Å². The summed E-state index contributed by atoms with van der Waals surface area (Å²) in [4.78, 5) is 28.3. The molecule has 2 bridgehead atoms. The maximum Gasteiger partial charge on any atom is 0.258 e. The number of ether oxygens (including phenoxy) is 2. The van der Waals surface area contributed by atoms with Gasteiger partial charge in [-0.1, -0.05) is 23.2 Å². The van der Waals surface area contributed by atoms with Gasteiger partial charge in [0.2, 0.25) is 0 Å². The van der Waals surface area contributed by atoms with Gasteiger partial charge in [-0.05, 0) is 49.9 Å². The van der Waals surface area contributed by atoms with Gasteiger partial charge in [0.05, 0.1) is 11.2 Å². The van der Waals surface area contributed by atoms with Crippen LogP contribution in [0.2, 0.25) is 10.2 Å². The number of carbonyl (C=O) groups excluding carboxylic acids is 2. The Bertz CT molecular complexity index is 950. The van der Waals surface area contributed by atoms with Crippen molar-refractivity contribution < 1.29 is 23.5 Å². The summed E-state index contributed by atoms with van der Waals surface area (Å²) in [6.07, 6.45) is 3.41. The third-order valence-electron chi connectivity index (χ3n) is 5.46. The number of amides is 2. The first-order valence-corrected chi connectivity index (χ1v) is 10.4. The number of rotatable bonds is 8. The van der Waals surface area contributed by atoms with Crippen molar-refractivity contribution in [2.45, 2.75) is 37.3 Å². The van der Waals surface area contributed by atoms with Crippen LogP contribution in [0.5, 0.6) is 11.5 Å². The van der Waals surface area contributed by atoms with E-state index in [1.807, 2.05) is 0 Å². The molecule has 1 heterocycles. The van der Waals surface area contributed by atoms with Crippen LogP contribution < -0.4 is 20.1 Å². The third-order valence-corrected chi connectivity index (χ3v) is 6.16. The van der Waals surface area contributed by atoms with E-state index in [9.17, 15) is 14.0 Å². The minimum atomic E-state index is -0.608. The molecule has 7 nitrogen and oxygen atoms in total. The van der Waals surface area contributed by atoms with Crippen LogP contribution in [0.4, 0.5) is 4.39 Å². The summed E-state index contributed by atoms with van der Waals surface area (Å²) in [6.45, 7) is 1.44. The maximum absolute atomic E-state index is 13.4. The van der Waals surface area contributed by atoms with Gasteiger partial charge in [0.15, 0.2) is 13.2 Å². The number of aryl methyl sites for hydroxylation is 1. The maximum atomic E-state index is 13.4. The lowest BCUT2D eigenvalue weighted by atomic mass is 9.44. The molecular formula is C21H20Cl2FN3O4. The second kappa shape index (κ2) is 8.16. The Labute approximate surface area is 188 Å². The fourth-order valence-electron chi connectivity index (χ4n) is 4.19. The van der Waals surface area contributed by atoms with Gasteiger partial charge >= 0.3 is 0 Å². The Hall–Kier alpha value is -2.58. The van der Waals surface area contributed by atoms with Gasteiger partial charge in [0.1, 0.15) is 22.5 Å². The largest absolute Gasteiger partial charge is 0.484 e. The molecule has 2 aromatic rings. The van der Waals surface area contributed by atoms with Crippen LogP contribution in [0, 0.1) is 12.7 Å². The van der Waals surface area contributed by atoms with Gasteiger partial charge in [-0.3, -0.25) is 9.59 Å². The van der Waals surface area contributed by atoms with E-state index in [4.69, 9.17) is 32.7 Å². The Morgan fingerprint density at radius 2 is 1.61 bits per heavy atom. The molecule has 0 unspecified atom stereocenters. The Kier molecular flexibility index (Phi) is 5.70. The van der Waals surface area contributed by atoms with Crippen molar-refractivity contribution in [2.75, 3.05) is 13.2 Å². The van der Waals surface area contributed by atoms with E-state index in [2.05, 4.69) is 15.6 Å². The zero-order valence-corrected chi connectivity index (χ0v) is 18.1. The molecule has 1 aromatic carbocycles. The summed E-state index contributed by atoms with van der Waals surface area (Å²) in [5.41, 5.74) is 0.140. The monoisotopic (exact) mass is 467 g/mol. The molecule has 164 valence electrons. The molecule has 0 aliphatic heterocycles. The van der Waals surface area contributed by atoms with Gasteiger partial charge in [-0.25, -0.2) is 9.37 Å². The Morgan fingerprint density at radius 1 is 1.03 bits per heavy atom. The van der Waals surface area contributed by atoms with E-state index < -0.39 is 5.82 Å². The van der Waals surface area contributed by atoms with Crippen LogP contribution >= 0.6 is 23.2 Å². The SMILES string of the molecule is Cc1cc(OCC(=O)NC23CC(NC(=O)COc4ccc(Cl)c(F)c4)(C2)C3)cnc1Cl. The van der Waals surface area contributed by atoms with Crippen molar-refractivity contribution in [3.8, 4) is 11.5 Å². The lowest BCUT2D eigenvalue weighted by molar-refractivity contribution is -0.151. The second-order valence-corrected chi connectivity index (χ2v) is 8.88. The Morgan fingerprint density at radius 3 is 2.16 bits per heavy atom. The highest BCUT2D eigenvalue weighted by Gasteiger charge is 2.69. The number of aromatic nitrogens is 1. The molecule has 0 spiro atoms. The van der Waals surface area contributed by atoms with Gasteiger partial charge in [-0.15, -0.1) is 0 Å². The summed E-state index contributed by atoms with van der Waals surface area (Å²) in [5, 5.41) is 6.29. The molecule has 3 aliphatic rings. The lowest BCUT2D eigenvalue weighted by Gasteiger charge is -2.70. The first-order chi connectivity index (χ1) is 14.7. The number of nitrogens with one attached hydrogen (secondary N) is 2.